The van der Waals surface area contributed by atoms with Gasteiger partial charge in [-0.3, -0.25) is 29.4 Å². The van der Waals surface area contributed by atoms with Crippen molar-refractivity contribution in [3.8, 4) is 5.69 Å². The van der Waals surface area contributed by atoms with Crippen molar-refractivity contribution >= 4 is 58.0 Å². The van der Waals surface area contributed by atoms with Crippen LogP contribution in [0.15, 0.2) is 93.6 Å². The van der Waals surface area contributed by atoms with Gasteiger partial charge < -0.3 is 9.88 Å². The van der Waals surface area contributed by atoms with Gasteiger partial charge in [0.2, 0.25) is 5.91 Å². The molecule has 0 spiro atoms. The summed E-state index contributed by atoms with van der Waals surface area (Å²) in [7, 11) is 0. The molecule has 1 fully saturated rings. The smallest absolute Gasteiger partial charge is 0.294 e. The van der Waals surface area contributed by atoms with Crippen LogP contribution in [-0.2, 0) is 9.59 Å². The largest absolute Gasteiger partial charge is 0.325 e. The fourth-order valence-electron chi connectivity index (χ4n) is 4.42. The number of nitrogens with one attached hydrogen (secondary N) is 1. The number of hydrogen-bond donors (Lipinski definition) is 1. The molecule has 2 heterocycles. The van der Waals surface area contributed by atoms with Crippen LogP contribution in [0.2, 0.25) is 0 Å². The molecule has 4 aromatic rings. The van der Waals surface area contributed by atoms with Crippen molar-refractivity contribution in [1.29, 1.82) is 0 Å². The number of hydrogen-bond acceptors (Lipinski definition) is 7. The number of nitro groups is 1. The molecule has 0 bridgehead atoms. The van der Waals surface area contributed by atoms with Gasteiger partial charge in [0.25, 0.3) is 16.8 Å². The Bertz CT molecular complexity index is 1730. The van der Waals surface area contributed by atoms with Crippen molar-refractivity contribution in [2.24, 2.45) is 0 Å². The number of non-ortho nitro benzene ring substituents is 1. The molecular weight excluding hydrogens is 579 g/mol. The molecule has 0 atom stereocenters. The van der Waals surface area contributed by atoms with E-state index in [0.717, 1.165) is 49.1 Å². The number of rotatable bonds is 8. The second-order valence-electron chi connectivity index (χ2n) is 9.33. The second kappa shape index (κ2) is 12.0. The zero-order valence-electron chi connectivity index (χ0n) is 22.4. The predicted molar refractivity (Wildman–Crippen MR) is 160 cm³/mol. The number of nitro benzene ring substituents is 1. The van der Waals surface area contributed by atoms with E-state index in [4.69, 9.17) is 0 Å². The summed E-state index contributed by atoms with van der Waals surface area (Å²) in [5.41, 5.74) is 3.86. The minimum Gasteiger partial charge on any atom is -0.325 e. The van der Waals surface area contributed by atoms with Gasteiger partial charge in [0.15, 0.2) is 0 Å². The van der Waals surface area contributed by atoms with E-state index in [-0.39, 0.29) is 10.6 Å². The summed E-state index contributed by atoms with van der Waals surface area (Å²) in [6, 6.07) is 21.3. The van der Waals surface area contributed by atoms with Crippen molar-refractivity contribution in [3.05, 3.63) is 117 Å². The van der Waals surface area contributed by atoms with Crippen LogP contribution in [0, 0.1) is 29.8 Å². The molecule has 9 nitrogen and oxygen atoms in total. The molecule has 1 N–H and O–H groups in total. The fourth-order valence-corrected chi connectivity index (χ4v) is 6.07. The Morgan fingerprint density at radius 3 is 2.24 bits per heavy atom. The average molecular weight is 603 g/mol. The third-order valence-electron chi connectivity index (χ3n) is 6.44. The minimum atomic E-state index is -0.571. The maximum Gasteiger partial charge on any atom is 0.294 e. The van der Waals surface area contributed by atoms with Crippen LogP contribution >= 0.6 is 23.5 Å². The van der Waals surface area contributed by atoms with Gasteiger partial charge in [-0.05, 0) is 104 Å². The number of halogens is 1. The Balaban J connectivity index is 1.28. The summed E-state index contributed by atoms with van der Waals surface area (Å²) in [6.45, 7) is 3.40. The van der Waals surface area contributed by atoms with Crippen LogP contribution in [0.5, 0.6) is 0 Å². The monoisotopic (exact) mass is 602 g/mol. The number of aromatic nitrogens is 1. The van der Waals surface area contributed by atoms with Gasteiger partial charge in [0.05, 0.1) is 9.83 Å². The molecule has 1 aliphatic rings. The van der Waals surface area contributed by atoms with Gasteiger partial charge in [0, 0.05) is 44.7 Å². The van der Waals surface area contributed by atoms with E-state index >= 15 is 0 Å². The number of amides is 3. The second-order valence-corrected chi connectivity index (χ2v) is 11.5. The molecule has 0 aliphatic carbocycles. The minimum absolute atomic E-state index is 0.0427. The summed E-state index contributed by atoms with van der Waals surface area (Å²) in [4.78, 5) is 51.4. The van der Waals surface area contributed by atoms with Gasteiger partial charge in [-0.25, -0.2) is 4.39 Å². The van der Waals surface area contributed by atoms with E-state index in [1.54, 1.807) is 18.2 Å². The number of thioether (sulfide) groups is 1. The highest BCUT2D eigenvalue weighted by Gasteiger charge is 2.36. The molecule has 1 aromatic heterocycles. The zero-order chi connectivity index (χ0) is 30.0. The molecular formula is C30H23FN4O5S2. The lowest BCUT2D eigenvalue weighted by Crippen LogP contribution is -2.36. The molecule has 0 saturated carbocycles. The third-order valence-corrected chi connectivity index (χ3v) is 8.36. The van der Waals surface area contributed by atoms with Gasteiger partial charge in [-0.2, -0.15) is 0 Å². The molecule has 3 amide bonds. The molecule has 1 saturated heterocycles. The van der Waals surface area contributed by atoms with Crippen molar-refractivity contribution in [2.75, 3.05) is 11.9 Å². The van der Waals surface area contributed by atoms with Crippen LogP contribution in [0.25, 0.3) is 11.8 Å². The van der Waals surface area contributed by atoms with Crippen molar-refractivity contribution in [3.63, 3.8) is 0 Å². The molecule has 212 valence electrons. The average Bonchev–Trinajstić information content (AvgIpc) is 3.39. The number of carbonyl (C=O) groups is 3. The van der Waals surface area contributed by atoms with Gasteiger partial charge in [0.1, 0.15) is 12.4 Å². The molecule has 12 heteroatoms. The van der Waals surface area contributed by atoms with Crippen molar-refractivity contribution < 1.29 is 23.7 Å². The normalized spacial score (nSPS) is 14.1. The number of carbonyl (C=O) groups excluding carboxylic acids is 3. The first-order chi connectivity index (χ1) is 20.1. The molecule has 0 unspecified atom stereocenters. The SMILES string of the molecule is Cc1cc(/C=C2\SC(=O)N(CC(=O)Nc3ccc(F)cc3)C2=O)c(C)n1-c1ccc(Sc2ccc([N+](=O)[O-])cc2)cc1. The molecule has 0 radical (unpaired) electrons. The van der Waals surface area contributed by atoms with E-state index in [0.29, 0.717) is 5.69 Å². The highest BCUT2D eigenvalue weighted by molar-refractivity contribution is 8.18. The van der Waals surface area contributed by atoms with E-state index in [9.17, 15) is 28.9 Å². The third kappa shape index (κ3) is 6.29. The Morgan fingerprint density at radius 2 is 1.62 bits per heavy atom. The van der Waals surface area contributed by atoms with Gasteiger partial charge >= 0.3 is 0 Å². The summed E-state index contributed by atoms with van der Waals surface area (Å²) in [5, 5.41) is 12.9. The number of aryl methyl sites for hydroxylation is 1. The predicted octanol–water partition coefficient (Wildman–Crippen LogP) is 6.97. The summed E-state index contributed by atoms with van der Waals surface area (Å²) < 4.78 is 15.1. The van der Waals surface area contributed by atoms with Crippen LogP contribution in [0.4, 0.5) is 20.6 Å². The van der Waals surface area contributed by atoms with Gasteiger partial charge in [-0.1, -0.05) is 11.8 Å². The maximum absolute atomic E-state index is 13.1. The summed E-state index contributed by atoms with van der Waals surface area (Å²) >= 11 is 2.26. The van der Waals surface area contributed by atoms with Crippen molar-refractivity contribution in [1.82, 2.24) is 9.47 Å². The molecule has 42 heavy (non-hydrogen) atoms. The lowest BCUT2D eigenvalue weighted by molar-refractivity contribution is -0.384. The molecule has 3 aromatic carbocycles. The van der Waals surface area contributed by atoms with E-state index in [1.807, 2.05) is 48.7 Å². The Kier molecular flexibility index (Phi) is 8.27. The Morgan fingerprint density at radius 1 is 1.00 bits per heavy atom. The topological polar surface area (TPSA) is 115 Å². The van der Waals surface area contributed by atoms with E-state index in [2.05, 4.69) is 5.32 Å². The van der Waals surface area contributed by atoms with Crippen molar-refractivity contribution in [2.45, 2.75) is 23.6 Å². The van der Waals surface area contributed by atoms with Gasteiger partial charge in [-0.15, -0.1) is 0 Å². The van der Waals surface area contributed by atoms with Crippen LogP contribution in [0.1, 0.15) is 17.0 Å². The maximum atomic E-state index is 13.1. The molecule has 5 rings (SSSR count). The fraction of sp³-hybridized carbons (Fsp3) is 0.100. The number of benzene rings is 3. The van der Waals surface area contributed by atoms with Crippen LogP contribution < -0.4 is 5.32 Å². The quantitative estimate of drug-likeness (QED) is 0.132. The number of imide groups is 1. The van der Waals surface area contributed by atoms with Crippen LogP contribution in [-0.4, -0.2) is 38.0 Å². The first kappa shape index (κ1) is 28.8. The van der Waals surface area contributed by atoms with E-state index in [1.165, 1.54) is 48.2 Å². The highest BCUT2D eigenvalue weighted by atomic mass is 32.2. The standard InChI is InChI=1S/C30H23FN4O5S2/c1-18-15-20(16-27-29(37)33(30(38)42-27)17-28(36)32-22-5-3-21(31)4-6-22)19(2)34(18)23-7-11-25(12-8-23)41-26-13-9-24(10-14-26)35(39)40/h3-16H,17H2,1-2H3,(H,32,36)/b27-16-. The first-order valence-corrected chi connectivity index (χ1v) is 14.2. The van der Waals surface area contributed by atoms with Crippen LogP contribution in [0.3, 0.4) is 0 Å². The summed E-state index contributed by atoms with van der Waals surface area (Å²) in [5.74, 6) is -1.57. The molecule has 1 aliphatic heterocycles. The Hall–Kier alpha value is -4.68. The zero-order valence-corrected chi connectivity index (χ0v) is 24.0. The highest BCUT2D eigenvalue weighted by Crippen LogP contribution is 2.34. The number of anilines is 1. The lowest BCUT2D eigenvalue weighted by Gasteiger charge is -2.12. The van der Waals surface area contributed by atoms with E-state index < -0.39 is 34.3 Å². The first-order valence-electron chi connectivity index (χ1n) is 12.6. The summed E-state index contributed by atoms with van der Waals surface area (Å²) in [6.07, 6.45) is 1.65. The number of nitrogens with zero attached hydrogens (tertiary/aromatic N) is 3. The lowest BCUT2D eigenvalue weighted by atomic mass is 10.2. The Labute approximate surface area is 248 Å².